The quantitative estimate of drug-likeness (QED) is 0.548. The molecular formula is C22H30N2O3. The number of methoxy groups -OCH3 is 1. The van der Waals surface area contributed by atoms with Crippen molar-refractivity contribution in [2.24, 2.45) is 0 Å². The molecule has 0 fully saturated rings. The molecule has 0 aliphatic heterocycles. The van der Waals surface area contributed by atoms with Gasteiger partial charge >= 0.3 is 6.09 Å². The molecule has 0 bridgehead atoms. The van der Waals surface area contributed by atoms with Gasteiger partial charge in [-0.15, -0.1) is 0 Å². The summed E-state index contributed by atoms with van der Waals surface area (Å²) in [5.41, 5.74) is 2.22. The largest absolute Gasteiger partial charge is 0.497 e. The van der Waals surface area contributed by atoms with Gasteiger partial charge in [0, 0.05) is 13.1 Å². The first kappa shape index (κ1) is 20.8. The van der Waals surface area contributed by atoms with Gasteiger partial charge in [0.25, 0.3) is 0 Å². The zero-order chi connectivity index (χ0) is 19.2. The fraction of sp³-hybridized carbons (Fsp3) is 0.409. The van der Waals surface area contributed by atoms with Gasteiger partial charge in [-0.1, -0.05) is 55.3 Å². The third-order valence-corrected chi connectivity index (χ3v) is 4.23. The summed E-state index contributed by atoms with van der Waals surface area (Å²) in [7, 11) is 1.68. The van der Waals surface area contributed by atoms with Gasteiger partial charge < -0.3 is 20.1 Å². The number of carbonyl (C=O) groups excluding carboxylic acids is 1. The van der Waals surface area contributed by atoms with Gasteiger partial charge in [-0.05, 0) is 42.6 Å². The van der Waals surface area contributed by atoms with Crippen LogP contribution in [-0.4, -0.2) is 26.3 Å². The van der Waals surface area contributed by atoms with Crippen LogP contribution in [-0.2, 0) is 17.9 Å². The topological polar surface area (TPSA) is 59.6 Å². The van der Waals surface area contributed by atoms with Crippen LogP contribution in [0.3, 0.4) is 0 Å². The lowest BCUT2D eigenvalue weighted by Gasteiger charge is -2.08. The first-order valence-corrected chi connectivity index (χ1v) is 9.56. The zero-order valence-corrected chi connectivity index (χ0v) is 16.1. The predicted molar refractivity (Wildman–Crippen MR) is 108 cm³/mol. The van der Waals surface area contributed by atoms with Crippen LogP contribution < -0.4 is 15.4 Å². The Kier molecular flexibility index (Phi) is 9.82. The van der Waals surface area contributed by atoms with Crippen LogP contribution in [0.5, 0.6) is 5.75 Å². The highest BCUT2D eigenvalue weighted by Crippen LogP contribution is 2.12. The van der Waals surface area contributed by atoms with Gasteiger partial charge in [0.05, 0.1) is 7.11 Å². The van der Waals surface area contributed by atoms with Crippen molar-refractivity contribution < 1.29 is 14.3 Å². The number of rotatable bonds is 12. The summed E-state index contributed by atoms with van der Waals surface area (Å²) in [6.07, 6.45) is 3.99. The Bertz CT molecular complexity index is 662. The Labute approximate surface area is 162 Å². The molecule has 2 N–H and O–H groups in total. The lowest BCUT2D eigenvalue weighted by molar-refractivity contribution is 0.139. The van der Waals surface area contributed by atoms with E-state index in [1.165, 1.54) is 5.56 Å². The molecule has 0 unspecified atom stereocenters. The average molecular weight is 370 g/mol. The van der Waals surface area contributed by atoms with E-state index in [0.717, 1.165) is 50.1 Å². The van der Waals surface area contributed by atoms with E-state index < -0.39 is 0 Å². The van der Waals surface area contributed by atoms with E-state index in [9.17, 15) is 4.79 Å². The Morgan fingerprint density at radius 2 is 1.63 bits per heavy atom. The van der Waals surface area contributed by atoms with Crippen LogP contribution in [0, 0.1) is 0 Å². The fourth-order valence-corrected chi connectivity index (χ4v) is 2.71. The number of amides is 1. The molecule has 0 aliphatic carbocycles. The first-order valence-electron chi connectivity index (χ1n) is 9.56. The maximum atomic E-state index is 11.6. The van der Waals surface area contributed by atoms with E-state index in [-0.39, 0.29) is 6.09 Å². The number of hydrogen-bond donors (Lipinski definition) is 2. The summed E-state index contributed by atoms with van der Waals surface area (Å²) in [6.45, 7) is 2.81. The summed E-state index contributed by atoms with van der Waals surface area (Å²) in [5.74, 6) is 0.893. The van der Waals surface area contributed by atoms with E-state index in [1.807, 2.05) is 42.5 Å². The van der Waals surface area contributed by atoms with Gasteiger partial charge in [-0.25, -0.2) is 4.79 Å². The van der Waals surface area contributed by atoms with Crippen molar-refractivity contribution in [2.45, 2.75) is 38.8 Å². The summed E-state index contributed by atoms with van der Waals surface area (Å²) in [5, 5.41) is 6.25. The summed E-state index contributed by atoms with van der Waals surface area (Å²) in [4.78, 5) is 11.6. The second-order valence-electron chi connectivity index (χ2n) is 6.43. The summed E-state index contributed by atoms with van der Waals surface area (Å²) in [6, 6.07) is 17.8. The van der Waals surface area contributed by atoms with E-state index >= 15 is 0 Å². The summed E-state index contributed by atoms with van der Waals surface area (Å²) >= 11 is 0. The first-order chi connectivity index (χ1) is 13.3. The molecular weight excluding hydrogens is 340 g/mol. The van der Waals surface area contributed by atoms with E-state index in [1.54, 1.807) is 7.11 Å². The van der Waals surface area contributed by atoms with Crippen LogP contribution in [0.15, 0.2) is 54.6 Å². The molecule has 5 heteroatoms. The van der Waals surface area contributed by atoms with Crippen molar-refractivity contribution in [1.29, 1.82) is 0 Å². The molecule has 0 heterocycles. The number of nitrogens with one attached hydrogen (secondary N) is 2. The smallest absolute Gasteiger partial charge is 0.407 e. The second kappa shape index (κ2) is 12.8. The molecule has 0 saturated heterocycles. The molecule has 0 spiro atoms. The maximum absolute atomic E-state index is 11.6. The molecule has 2 rings (SSSR count). The molecule has 2 aromatic carbocycles. The van der Waals surface area contributed by atoms with E-state index in [2.05, 4.69) is 22.8 Å². The molecule has 5 nitrogen and oxygen atoms in total. The number of benzene rings is 2. The minimum Gasteiger partial charge on any atom is -0.497 e. The molecule has 0 radical (unpaired) electrons. The van der Waals surface area contributed by atoms with Crippen molar-refractivity contribution in [1.82, 2.24) is 10.6 Å². The third kappa shape index (κ3) is 9.11. The Hall–Kier alpha value is -2.53. The highest BCUT2D eigenvalue weighted by molar-refractivity contribution is 5.67. The van der Waals surface area contributed by atoms with Gasteiger partial charge in [-0.3, -0.25) is 0 Å². The average Bonchev–Trinajstić information content (AvgIpc) is 2.72. The van der Waals surface area contributed by atoms with E-state index in [4.69, 9.17) is 9.47 Å². The molecule has 1 amide bonds. The summed E-state index contributed by atoms with van der Waals surface area (Å²) < 4.78 is 10.4. The van der Waals surface area contributed by atoms with Crippen LogP contribution >= 0.6 is 0 Å². The highest BCUT2D eigenvalue weighted by atomic mass is 16.5. The van der Waals surface area contributed by atoms with Crippen LogP contribution in [0.1, 0.15) is 36.8 Å². The number of hydrogen-bond acceptors (Lipinski definition) is 4. The lowest BCUT2D eigenvalue weighted by Crippen LogP contribution is -2.25. The van der Waals surface area contributed by atoms with Crippen LogP contribution in [0.4, 0.5) is 4.79 Å². The monoisotopic (exact) mass is 370 g/mol. The van der Waals surface area contributed by atoms with Crippen LogP contribution in [0.2, 0.25) is 0 Å². The van der Waals surface area contributed by atoms with Crippen molar-refractivity contribution in [3.63, 3.8) is 0 Å². The van der Waals surface area contributed by atoms with Crippen molar-refractivity contribution in [2.75, 3.05) is 20.2 Å². The minimum absolute atomic E-state index is 0.311. The fourth-order valence-electron chi connectivity index (χ4n) is 2.71. The van der Waals surface area contributed by atoms with E-state index in [0.29, 0.717) is 13.2 Å². The highest BCUT2D eigenvalue weighted by Gasteiger charge is 2.01. The second-order valence-corrected chi connectivity index (χ2v) is 6.43. The van der Waals surface area contributed by atoms with Crippen molar-refractivity contribution in [3.8, 4) is 5.75 Å². The Morgan fingerprint density at radius 3 is 2.41 bits per heavy atom. The van der Waals surface area contributed by atoms with Crippen molar-refractivity contribution in [3.05, 3.63) is 65.7 Å². The number of unbranched alkanes of at least 4 members (excludes halogenated alkanes) is 3. The molecule has 0 aromatic heterocycles. The molecule has 27 heavy (non-hydrogen) atoms. The maximum Gasteiger partial charge on any atom is 0.407 e. The molecule has 0 atom stereocenters. The normalized spacial score (nSPS) is 10.4. The molecule has 0 saturated carbocycles. The minimum atomic E-state index is -0.348. The van der Waals surface area contributed by atoms with Gasteiger partial charge in [-0.2, -0.15) is 0 Å². The van der Waals surface area contributed by atoms with Gasteiger partial charge in [0.15, 0.2) is 0 Å². The van der Waals surface area contributed by atoms with Crippen LogP contribution in [0.25, 0.3) is 0 Å². The number of carbonyl (C=O) groups is 1. The SMILES string of the molecule is COc1cccc(CNCCCCCCNC(=O)OCc2ccccc2)c1. The van der Waals surface area contributed by atoms with Crippen molar-refractivity contribution >= 4 is 6.09 Å². The number of alkyl carbamates (subject to hydrolysis) is 1. The predicted octanol–water partition coefficient (Wildman–Crippen LogP) is 4.27. The van der Waals surface area contributed by atoms with Gasteiger partial charge in [0.1, 0.15) is 12.4 Å². The lowest BCUT2D eigenvalue weighted by atomic mass is 10.2. The third-order valence-electron chi connectivity index (χ3n) is 4.23. The standard InChI is InChI=1S/C22H30N2O3/c1-26-21-13-9-12-20(16-21)17-23-14-7-2-3-8-15-24-22(25)27-18-19-10-5-4-6-11-19/h4-6,9-13,16,23H,2-3,7-8,14-15,17-18H2,1H3,(H,24,25). The van der Waals surface area contributed by atoms with Gasteiger partial charge in [0.2, 0.25) is 0 Å². The Balaban J connectivity index is 1.41. The number of ether oxygens (including phenoxy) is 2. The Morgan fingerprint density at radius 1 is 0.889 bits per heavy atom. The zero-order valence-electron chi connectivity index (χ0n) is 16.1. The molecule has 146 valence electrons. The molecule has 0 aliphatic rings. The molecule has 2 aromatic rings.